The Bertz CT molecular complexity index is 985. The Hall–Kier alpha value is -2.37. The molecule has 0 aliphatic carbocycles. The van der Waals surface area contributed by atoms with E-state index in [-0.39, 0.29) is 0 Å². The van der Waals surface area contributed by atoms with Crippen LogP contribution in [-0.2, 0) is 5.75 Å². The number of hydrogen-bond donors (Lipinski definition) is 0. The highest BCUT2D eigenvalue weighted by atomic mass is 35.5. The van der Waals surface area contributed by atoms with Crippen molar-refractivity contribution in [3.05, 3.63) is 77.3 Å². The van der Waals surface area contributed by atoms with Crippen LogP contribution in [0.3, 0.4) is 0 Å². The van der Waals surface area contributed by atoms with Crippen LogP contribution < -0.4 is 0 Å². The van der Waals surface area contributed by atoms with Crippen LogP contribution in [0.25, 0.3) is 17.0 Å². The van der Waals surface area contributed by atoms with E-state index in [1.165, 1.54) is 0 Å². The minimum atomic E-state index is 0.732. The number of benzene rings is 2. The third-order valence-electron chi connectivity index (χ3n) is 3.60. The fourth-order valence-corrected chi connectivity index (χ4v) is 3.52. The third kappa shape index (κ3) is 3.00. The molecule has 0 N–H and O–H groups in total. The first-order chi connectivity index (χ1) is 11.8. The van der Waals surface area contributed by atoms with Gasteiger partial charge in [-0.15, -0.1) is 10.2 Å². The molecule has 0 saturated carbocycles. The molecule has 0 amide bonds. The van der Waals surface area contributed by atoms with Gasteiger partial charge in [-0.2, -0.15) is 9.61 Å². The maximum Gasteiger partial charge on any atom is 0.185 e. The van der Waals surface area contributed by atoms with Gasteiger partial charge in [-0.05, 0) is 23.8 Å². The van der Waals surface area contributed by atoms with Crippen molar-refractivity contribution in [3.63, 3.8) is 0 Å². The van der Waals surface area contributed by atoms with E-state index in [0.29, 0.717) is 0 Å². The summed E-state index contributed by atoms with van der Waals surface area (Å²) in [5.74, 6) is 1.51. The lowest BCUT2D eigenvalue weighted by Gasteiger charge is -2.05. The molecule has 0 atom stereocenters. The van der Waals surface area contributed by atoms with Gasteiger partial charge in [0, 0.05) is 16.3 Å². The van der Waals surface area contributed by atoms with Crippen molar-refractivity contribution in [1.82, 2.24) is 19.8 Å². The molecular formula is C18H13ClN4S. The van der Waals surface area contributed by atoms with Crippen molar-refractivity contribution in [3.8, 4) is 11.4 Å². The van der Waals surface area contributed by atoms with Gasteiger partial charge >= 0.3 is 0 Å². The molecule has 118 valence electrons. The SMILES string of the molecule is Clc1ccccc1CSc1ccc2nnc(-c3ccccc3)n2n1. The predicted octanol–water partition coefficient (Wildman–Crippen LogP) is 4.74. The highest BCUT2D eigenvalue weighted by Gasteiger charge is 2.10. The summed E-state index contributed by atoms with van der Waals surface area (Å²) in [4.78, 5) is 0. The Labute approximate surface area is 148 Å². The second-order valence-electron chi connectivity index (χ2n) is 5.21. The number of hydrogen-bond acceptors (Lipinski definition) is 4. The zero-order chi connectivity index (χ0) is 16.4. The van der Waals surface area contributed by atoms with Gasteiger partial charge in [-0.1, -0.05) is 71.9 Å². The molecule has 4 nitrogen and oxygen atoms in total. The van der Waals surface area contributed by atoms with Gasteiger partial charge in [0.05, 0.1) is 0 Å². The van der Waals surface area contributed by atoms with Crippen molar-refractivity contribution in [2.75, 3.05) is 0 Å². The van der Waals surface area contributed by atoms with E-state index in [0.717, 1.165) is 38.4 Å². The van der Waals surface area contributed by atoms with Crippen molar-refractivity contribution < 1.29 is 0 Å². The van der Waals surface area contributed by atoms with Gasteiger partial charge in [0.1, 0.15) is 5.03 Å². The number of fused-ring (bicyclic) bond motifs is 1. The molecule has 0 unspecified atom stereocenters. The van der Waals surface area contributed by atoms with Crippen molar-refractivity contribution >= 4 is 29.0 Å². The van der Waals surface area contributed by atoms with E-state index in [1.54, 1.807) is 16.3 Å². The fourth-order valence-electron chi connectivity index (χ4n) is 2.38. The largest absolute Gasteiger partial charge is 0.192 e. The molecule has 4 aromatic rings. The molecule has 0 spiro atoms. The number of aromatic nitrogens is 4. The van der Waals surface area contributed by atoms with Gasteiger partial charge in [0.15, 0.2) is 11.5 Å². The van der Waals surface area contributed by atoms with Gasteiger partial charge in [-0.3, -0.25) is 0 Å². The quantitative estimate of drug-likeness (QED) is 0.498. The standard InChI is InChI=1S/C18H13ClN4S/c19-15-9-5-4-8-14(15)12-24-17-11-10-16-20-21-18(23(16)22-17)13-6-2-1-3-7-13/h1-11H,12H2. The van der Waals surface area contributed by atoms with Crippen LogP contribution in [0, 0.1) is 0 Å². The highest BCUT2D eigenvalue weighted by Crippen LogP contribution is 2.26. The molecule has 4 rings (SSSR count). The van der Waals surface area contributed by atoms with Crippen LogP contribution in [0.1, 0.15) is 5.56 Å². The molecule has 0 aliphatic rings. The summed E-state index contributed by atoms with van der Waals surface area (Å²) in [5.41, 5.74) is 2.82. The van der Waals surface area contributed by atoms with Crippen molar-refractivity contribution in [2.45, 2.75) is 10.8 Å². The average Bonchev–Trinajstić information content (AvgIpc) is 3.05. The molecule has 2 aromatic heterocycles. The summed E-state index contributed by atoms with van der Waals surface area (Å²) in [5, 5.41) is 14.8. The van der Waals surface area contributed by atoms with Crippen LogP contribution in [0.15, 0.2) is 71.8 Å². The number of thioether (sulfide) groups is 1. The van der Waals surface area contributed by atoms with Crippen LogP contribution in [-0.4, -0.2) is 19.8 Å². The van der Waals surface area contributed by atoms with Gasteiger partial charge in [0.2, 0.25) is 0 Å². The van der Waals surface area contributed by atoms with Crippen LogP contribution in [0.5, 0.6) is 0 Å². The first kappa shape index (κ1) is 15.2. The molecule has 2 heterocycles. The van der Waals surface area contributed by atoms with Crippen molar-refractivity contribution in [1.29, 1.82) is 0 Å². The maximum absolute atomic E-state index is 6.21. The summed E-state index contributed by atoms with van der Waals surface area (Å²) in [7, 11) is 0. The zero-order valence-corrected chi connectivity index (χ0v) is 14.2. The topological polar surface area (TPSA) is 43.1 Å². The molecule has 0 radical (unpaired) electrons. The summed E-state index contributed by atoms with van der Waals surface area (Å²) in [6, 6.07) is 21.7. The Balaban J connectivity index is 1.64. The molecule has 0 aliphatic heterocycles. The molecule has 2 aromatic carbocycles. The molecule has 0 fully saturated rings. The monoisotopic (exact) mass is 352 g/mol. The lowest BCUT2D eigenvalue weighted by molar-refractivity contribution is 0.860. The summed E-state index contributed by atoms with van der Waals surface area (Å²) < 4.78 is 1.78. The number of nitrogens with zero attached hydrogens (tertiary/aromatic N) is 4. The van der Waals surface area contributed by atoms with E-state index in [9.17, 15) is 0 Å². The van der Waals surface area contributed by atoms with Gasteiger partial charge in [0.25, 0.3) is 0 Å². The average molecular weight is 353 g/mol. The van der Waals surface area contributed by atoms with E-state index in [2.05, 4.69) is 15.3 Å². The van der Waals surface area contributed by atoms with Crippen molar-refractivity contribution in [2.24, 2.45) is 0 Å². The number of halogens is 1. The van der Waals surface area contributed by atoms with Crippen LogP contribution in [0.4, 0.5) is 0 Å². The lowest BCUT2D eigenvalue weighted by atomic mass is 10.2. The zero-order valence-electron chi connectivity index (χ0n) is 12.6. The highest BCUT2D eigenvalue weighted by molar-refractivity contribution is 7.98. The van der Waals surface area contributed by atoms with E-state index in [4.69, 9.17) is 11.6 Å². The van der Waals surface area contributed by atoms with Gasteiger partial charge < -0.3 is 0 Å². The van der Waals surface area contributed by atoms with Crippen LogP contribution >= 0.6 is 23.4 Å². The third-order valence-corrected chi connectivity index (χ3v) is 4.94. The Morgan fingerprint density at radius 3 is 2.50 bits per heavy atom. The fraction of sp³-hybridized carbons (Fsp3) is 0.0556. The Kier molecular flexibility index (Phi) is 4.19. The molecule has 6 heteroatoms. The summed E-state index contributed by atoms with van der Waals surface area (Å²) in [6.45, 7) is 0. The molecule has 0 saturated heterocycles. The minimum Gasteiger partial charge on any atom is -0.192 e. The minimum absolute atomic E-state index is 0.732. The Morgan fingerprint density at radius 1 is 0.875 bits per heavy atom. The summed E-state index contributed by atoms with van der Waals surface area (Å²) in [6.07, 6.45) is 0. The van der Waals surface area contributed by atoms with E-state index in [1.807, 2.05) is 66.7 Å². The molecular weight excluding hydrogens is 340 g/mol. The van der Waals surface area contributed by atoms with E-state index >= 15 is 0 Å². The Morgan fingerprint density at radius 2 is 1.67 bits per heavy atom. The number of rotatable bonds is 4. The normalized spacial score (nSPS) is 11.0. The predicted molar refractivity (Wildman–Crippen MR) is 97.2 cm³/mol. The second kappa shape index (κ2) is 6.63. The first-order valence-electron chi connectivity index (χ1n) is 7.45. The maximum atomic E-state index is 6.21. The van der Waals surface area contributed by atoms with Gasteiger partial charge in [-0.25, -0.2) is 0 Å². The van der Waals surface area contributed by atoms with Crippen LogP contribution in [0.2, 0.25) is 5.02 Å². The molecule has 24 heavy (non-hydrogen) atoms. The lowest BCUT2D eigenvalue weighted by Crippen LogP contribution is -1.96. The molecule has 0 bridgehead atoms. The second-order valence-corrected chi connectivity index (χ2v) is 6.61. The smallest absolute Gasteiger partial charge is 0.185 e. The van der Waals surface area contributed by atoms with E-state index < -0.39 is 0 Å². The first-order valence-corrected chi connectivity index (χ1v) is 8.82. The summed E-state index contributed by atoms with van der Waals surface area (Å²) >= 11 is 7.85.